The van der Waals surface area contributed by atoms with Gasteiger partial charge < -0.3 is 10.2 Å². The Morgan fingerprint density at radius 1 is 0.881 bits per heavy atom. The van der Waals surface area contributed by atoms with Crippen LogP contribution < -0.4 is 9.62 Å². The lowest BCUT2D eigenvalue weighted by molar-refractivity contribution is -0.142. The van der Waals surface area contributed by atoms with E-state index in [4.69, 9.17) is 0 Å². The van der Waals surface area contributed by atoms with E-state index >= 15 is 0 Å². The summed E-state index contributed by atoms with van der Waals surface area (Å²) in [4.78, 5) is 29.3. The molecule has 0 aromatic heterocycles. The van der Waals surface area contributed by atoms with Crippen LogP contribution in [0.25, 0.3) is 0 Å². The second kappa shape index (κ2) is 14.8. The fraction of sp³-hybridized carbons (Fsp3) is 0.394. The van der Waals surface area contributed by atoms with Gasteiger partial charge in [-0.3, -0.25) is 13.9 Å². The van der Waals surface area contributed by atoms with Gasteiger partial charge in [-0.25, -0.2) is 8.42 Å². The van der Waals surface area contributed by atoms with Crippen LogP contribution in [0.2, 0.25) is 0 Å². The topological polar surface area (TPSA) is 86.8 Å². The monoisotopic (exact) mass is 655 g/mol. The van der Waals surface area contributed by atoms with Gasteiger partial charge in [0.25, 0.3) is 0 Å². The summed E-state index contributed by atoms with van der Waals surface area (Å²) in [6.07, 6.45) is 2.77. The molecule has 3 aromatic carbocycles. The molecule has 0 saturated carbocycles. The Labute approximate surface area is 259 Å². The zero-order valence-electron chi connectivity index (χ0n) is 25.1. The molecular weight excluding hydrogens is 614 g/mol. The molecule has 0 radical (unpaired) electrons. The minimum absolute atomic E-state index is 0.0870. The van der Waals surface area contributed by atoms with Crippen LogP contribution in [0.15, 0.2) is 83.3 Å². The minimum atomic E-state index is -3.56. The number of nitrogens with zero attached hydrogens (tertiary/aromatic N) is 2. The van der Waals surface area contributed by atoms with Crippen LogP contribution in [0.1, 0.15) is 57.2 Å². The molecule has 9 heteroatoms. The minimum Gasteiger partial charge on any atom is -0.350 e. The van der Waals surface area contributed by atoms with Crippen molar-refractivity contribution >= 4 is 43.5 Å². The number of aryl methyl sites for hydroxylation is 1. The Balaban J connectivity index is 1.88. The van der Waals surface area contributed by atoms with Crippen LogP contribution in [0.5, 0.6) is 0 Å². The summed E-state index contributed by atoms with van der Waals surface area (Å²) < 4.78 is 27.6. The fourth-order valence-corrected chi connectivity index (χ4v) is 5.92. The average molecular weight is 657 g/mol. The molecule has 3 rings (SSSR count). The predicted octanol–water partition coefficient (Wildman–Crippen LogP) is 6.11. The average Bonchev–Trinajstić information content (AvgIpc) is 2.93. The molecule has 0 aliphatic heterocycles. The molecule has 0 spiro atoms. The van der Waals surface area contributed by atoms with Gasteiger partial charge in [-0.15, -0.1) is 0 Å². The van der Waals surface area contributed by atoms with Crippen LogP contribution >= 0.6 is 15.9 Å². The van der Waals surface area contributed by atoms with E-state index in [9.17, 15) is 18.0 Å². The highest BCUT2D eigenvalue weighted by Gasteiger charge is 2.32. The molecule has 0 unspecified atom stereocenters. The van der Waals surface area contributed by atoms with Crippen molar-refractivity contribution in [2.45, 2.75) is 71.5 Å². The zero-order chi connectivity index (χ0) is 30.9. The van der Waals surface area contributed by atoms with E-state index < -0.39 is 21.6 Å². The highest BCUT2D eigenvalue weighted by Crippen LogP contribution is 2.22. The quantitative estimate of drug-likeness (QED) is 0.241. The number of carbonyl (C=O) groups excluding carboxylic acids is 2. The molecule has 7 nitrogen and oxygen atoms in total. The molecule has 0 fully saturated rings. The highest BCUT2D eigenvalue weighted by atomic mass is 79.9. The summed E-state index contributed by atoms with van der Waals surface area (Å²) in [5.41, 5.74) is 3.03. The Morgan fingerprint density at radius 3 is 2.02 bits per heavy atom. The van der Waals surface area contributed by atoms with E-state index in [-0.39, 0.29) is 31.3 Å². The SMILES string of the molecule is CCc1ccc(N(CCCC(=O)N(Cc2ccc(Br)cc2)[C@H](Cc2ccccc2)C(=O)NC(C)(C)C)S(C)(=O)=O)cc1. The van der Waals surface area contributed by atoms with Crippen LogP contribution in [-0.2, 0) is 39.0 Å². The van der Waals surface area contributed by atoms with Crippen molar-refractivity contribution in [1.82, 2.24) is 10.2 Å². The molecule has 1 N–H and O–H groups in total. The maximum absolute atomic E-state index is 13.9. The second-order valence-corrected chi connectivity index (χ2v) is 14.4. The van der Waals surface area contributed by atoms with Crippen LogP contribution in [-0.4, -0.2) is 49.5 Å². The van der Waals surface area contributed by atoms with E-state index in [1.54, 1.807) is 17.0 Å². The molecule has 2 amide bonds. The van der Waals surface area contributed by atoms with E-state index in [2.05, 4.69) is 21.2 Å². The number of benzene rings is 3. The Kier molecular flexibility index (Phi) is 11.8. The summed E-state index contributed by atoms with van der Waals surface area (Å²) in [7, 11) is -3.56. The maximum Gasteiger partial charge on any atom is 0.243 e. The van der Waals surface area contributed by atoms with Crippen molar-refractivity contribution in [2.75, 3.05) is 17.1 Å². The lowest BCUT2D eigenvalue weighted by atomic mass is 10.00. The van der Waals surface area contributed by atoms with Crippen LogP contribution in [0, 0.1) is 0 Å². The molecular formula is C33H42BrN3O4S. The lowest BCUT2D eigenvalue weighted by Gasteiger charge is -2.34. The lowest BCUT2D eigenvalue weighted by Crippen LogP contribution is -2.54. The van der Waals surface area contributed by atoms with Gasteiger partial charge in [0.05, 0.1) is 11.9 Å². The third kappa shape index (κ3) is 10.3. The smallest absolute Gasteiger partial charge is 0.243 e. The first-order chi connectivity index (χ1) is 19.8. The van der Waals surface area contributed by atoms with E-state index in [1.807, 2.05) is 94.4 Å². The standard InChI is InChI=1S/C33H42BrN3O4S/c1-6-25-16-20-29(21-17-25)37(42(5,40)41)22-10-13-31(38)36(24-27-14-18-28(34)19-15-27)30(32(39)35-33(2,3)4)23-26-11-8-7-9-12-26/h7-9,11-12,14-21,30H,6,10,13,22-24H2,1-5H3,(H,35,39)/t30-/m1/s1. The van der Waals surface area contributed by atoms with E-state index in [1.165, 1.54) is 10.6 Å². The van der Waals surface area contributed by atoms with Crippen LogP contribution in [0.3, 0.4) is 0 Å². The van der Waals surface area contributed by atoms with Crippen molar-refractivity contribution in [3.8, 4) is 0 Å². The Hall–Kier alpha value is -3.17. The van der Waals surface area contributed by atoms with Gasteiger partial charge >= 0.3 is 0 Å². The summed E-state index contributed by atoms with van der Waals surface area (Å²) >= 11 is 3.46. The fourth-order valence-electron chi connectivity index (χ4n) is 4.70. The molecule has 3 aromatic rings. The van der Waals surface area contributed by atoms with Gasteiger partial charge in [-0.1, -0.05) is 77.5 Å². The van der Waals surface area contributed by atoms with Gasteiger partial charge in [-0.2, -0.15) is 0 Å². The summed E-state index contributed by atoms with van der Waals surface area (Å²) in [5.74, 6) is -0.441. The first-order valence-corrected chi connectivity index (χ1v) is 16.9. The number of halogens is 1. The van der Waals surface area contributed by atoms with Crippen molar-refractivity contribution in [2.24, 2.45) is 0 Å². The van der Waals surface area contributed by atoms with Crippen molar-refractivity contribution < 1.29 is 18.0 Å². The molecule has 0 aliphatic rings. The van der Waals surface area contributed by atoms with Crippen molar-refractivity contribution in [3.05, 3.63) is 100 Å². The van der Waals surface area contributed by atoms with Gasteiger partial charge in [0.2, 0.25) is 21.8 Å². The van der Waals surface area contributed by atoms with Crippen LogP contribution in [0.4, 0.5) is 5.69 Å². The number of amides is 2. The molecule has 226 valence electrons. The number of sulfonamides is 1. The van der Waals surface area contributed by atoms with Gasteiger partial charge in [0, 0.05) is 35.9 Å². The summed E-state index contributed by atoms with van der Waals surface area (Å²) in [6, 6.07) is 24.0. The Morgan fingerprint density at radius 2 is 1.48 bits per heavy atom. The molecule has 0 aliphatic carbocycles. The summed E-state index contributed by atoms with van der Waals surface area (Å²) in [5, 5.41) is 3.07. The van der Waals surface area contributed by atoms with Gasteiger partial charge in [-0.05, 0) is 74.6 Å². The Bertz CT molecular complexity index is 1420. The first kappa shape index (κ1) is 33.3. The van der Waals surface area contributed by atoms with Crippen molar-refractivity contribution in [3.63, 3.8) is 0 Å². The van der Waals surface area contributed by atoms with E-state index in [0.717, 1.165) is 27.6 Å². The third-order valence-electron chi connectivity index (χ3n) is 6.82. The number of anilines is 1. The number of rotatable bonds is 13. The molecule has 0 heterocycles. The number of hydrogen-bond acceptors (Lipinski definition) is 4. The highest BCUT2D eigenvalue weighted by molar-refractivity contribution is 9.10. The molecule has 1 atom stereocenters. The predicted molar refractivity (Wildman–Crippen MR) is 174 cm³/mol. The molecule has 42 heavy (non-hydrogen) atoms. The number of carbonyl (C=O) groups is 2. The van der Waals surface area contributed by atoms with Gasteiger partial charge in [0.1, 0.15) is 6.04 Å². The first-order valence-electron chi connectivity index (χ1n) is 14.2. The normalized spacial score (nSPS) is 12.4. The molecule has 0 saturated heterocycles. The van der Waals surface area contributed by atoms with Crippen molar-refractivity contribution in [1.29, 1.82) is 0 Å². The molecule has 0 bridgehead atoms. The zero-order valence-corrected chi connectivity index (χ0v) is 27.5. The second-order valence-electron chi connectivity index (χ2n) is 11.6. The largest absolute Gasteiger partial charge is 0.350 e. The number of hydrogen-bond donors (Lipinski definition) is 1. The number of nitrogens with one attached hydrogen (secondary N) is 1. The third-order valence-corrected chi connectivity index (χ3v) is 8.54. The van der Waals surface area contributed by atoms with E-state index in [0.29, 0.717) is 18.5 Å². The van der Waals surface area contributed by atoms with Gasteiger partial charge in [0.15, 0.2) is 0 Å². The summed E-state index contributed by atoms with van der Waals surface area (Å²) in [6.45, 7) is 8.19. The maximum atomic E-state index is 13.9.